The Morgan fingerprint density at radius 1 is 1.14 bits per heavy atom. The second-order valence-electron chi connectivity index (χ2n) is 8.30. The summed E-state index contributed by atoms with van der Waals surface area (Å²) in [5, 5.41) is 0.256. The second kappa shape index (κ2) is 9.85. The van der Waals surface area contributed by atoms with E-state index < -0.39 is 9.84 Å². The molecule has 7 heteroatoms. The van der Waals surface area contributed by atoms with E-state index in [1.807, 2.05) is 17.8 Å². The molecule has 2 aromatic heterocycles. The van der Waals surface area contributed by atoms with Gasteiger partial charge in [0, 0.05) is 25.8 Å². The van der Waals surface area contributed by atoms with Crippen molar-refractivity contribution in [2.45, 2.75) is 77.2 Å². The summed E-state index contributed by atoms with van der Waals surface area (Å²) in [5.74, 6) is 0.540. The zero-order chi connectivity index (χ0) is 20.9. The molecule has 0 spiro atoms. The lowest BCUT2D eigenvalue weighted by molar-refractivity contribution is 0.303. The third kappa shape index (κ3) is 5.66. The first kappa shape index (κ1) is 22.0. The van der Waals surface area contributed by atoms with Crippen LogP contribution in [-0.4, -0.2) is 40.7 Å². The van der Waals surface area contributed by atoms with Crippen LogP contribution in [0.2, 0.25) is 0 Å². The quantitative estimate of drug-likeness (QED) is 0.554. The fraction of sp³-hybridized carbons (Fsp3) is 0.636. The number of hydrogen-bond donors (Lipinski definition) is 0. The molecule has 0 unspecified atom stereocenters. The van der Waals surface area contributed by atoms with Gasteiger partial charge in [0.25, 0.3) is 0 Å². The molecular weight excluding hydrogens is 384 g/mol. The lowest BCUT2D eigenvalue weighted by atomic mass is 9.87. The summed E-state index contributed by atoms with van der Waals surface area (Å²) in [7, 11) is -1.31. The predicted molar refractivity (Wildman–Crippen MR) is 115 cm³/mol. The van der Waals surface area contributed by atoms with Crippen LogP contribution in [0.3, 0.4) is 0 Å². The van der Waals surface area contributed by atoms with Crippen molar-refractivity contribution < 1.29 is 8.42 Å². The molecule has 0 radical (unpaired) electrons. The lowest BCUT2D eigenvalue weighted by Crippen LogP contribution is -2.25. The minimum Gasteiger partial charge on any atom is -0.318 e. The Kier molecular flexibility index (Phi) is 7.46. The van der Waals surface area contributed by atoms with Gasteiger partial charge in [-0.2, -0.15) is 0 Å². The fourth-order valence-corrected chi connectivity index (χ4v) is 5.59. The van der Waals surface area contributed by atoms with Crippen molar-refractivity contribution >= 4 is 9.84 Å². The topological polar surface area (TPSA) is 68.1 Å². The van der Waals surface area contributed by atoms with Crippen molar-refractivity contribution in [3.63, 3.8) is 0 Å². The van der Waals surface area contributed by atoms with Crippen LogP contribution in [0.15, 0.2) is 29.7 Å². The standard InChI is InChI=1S/C22H34N4O2S/c1-4-6-12-26-21(14-24-22(26)29(27,28)17-19-8-7-9-19)16-25(3)15-20-11-10-18(5-2)13-23-20/h10-11,13-14,19H,4-9,12,15-17H2,1-3H3. The number of sulfone groups is 1. The van der Waals surface area contributed by atoms with Gasteiger partial charge in [-0.1, -0.05) is 32.8 Å². The molecule has 160 valence electrons. The van der Waals surface area contributed by atoms with Crippen molar-refractivity contribution in [3.05, 3.63) is 41.5 Å². The molecule has 0 aromatic carbocycles. The molecule has 29 heavy (non-hydrogen) atoms. The zero-order valence-electron chi connectivity index (χ0n) is 18.0. The monoisotopic (exact) mass is 418 g/mol. The van der Waals surface area contributed by atoms with Gasteiger partial charge in [0.15, 0.2) is 0 Å². The van der Waals surface area contributed by atoms with E-state index >= 15 is 0 Å². The smallest absolute Gasteiger partial charge is 0.227 e. The molecule has 1 fully saturated rings. The molecule has 2 aromatic rings. The number of imidazole rings is 1. The van der Waals surface area contributed by atoms with Crippen LogP contribution >= 0.6 is 0 Å². The van der Waals surface area contributed by atoms with Crippen molar-refractivity contribution in [3.8, 4) is 0 Å². The van der Waals surface area contributed by atoms with Gasteiger partial charge in [0.05, 0.1) is 23.3 Å². The van der Waals surface area contributed by atoms with E-state index in [1.54, 1.807) is 6.20 Å². The van der Waals surface area contributed by atoms with E-state index in [0.29, 0.717) is 25.6 Å². The molecule has 0 bridgehead atoms. The summed E-state index contributed by atoms with van der Waals surface area (Å²) in [4.78, 5) is 11.1. The highest BCUT2D eigenvalue weighted by Gasteiger charge is 2.30. The largest absolute Gasteiger partial charge is 0.318 e. The lowest BCUT2D eigenvalue weighted by Gasteiger charge is -2.25. The van der Waals surface area contributed by atoms with Crippen molar-refractivity contribution in [2.75, 3.05) is 12.8 Å². The molecule has 0 saturated heterocycles. The number of nitrogens with zero attached hydrogens (tertiary/aromatic N) is 4. The third-order valence-corrected chi connectivity index (χ3v) is 7.55. The highest BCUT2D eigenvalue weighted by Crippen LogP contribution is 2.30. The van der Waals surface area contributed by atoms with Crippen LogP contribution in [0.4, 0.5) is 0 Å². The van der Waals surface area contributed by atoms with E-state index in [2.05, 4.69) is 40.8 Å². The Labute approximate surface area is 175 Å². The number of unbranched alkanes of at least 4 members (excludes halogenated alkanes) is 1. The van der Waals surface area contributed by atoms with E-state index in [1.165, 1.54) is 5.56 Å². The second-order valence-corrected chi connectivity index (χ2v) is 10.2. The average Bonchev–Trinajstić information content (AvgIpc) is 3.07. The van der Waals surface area contributed by atoms with E-state index in [9.17, 15) is 8.42 Å². The van der Waals surface area contributed by atoms with Gasteiger partial charge in [0.2, 0.25) is 15.0 Å². The Morgan fingerprint density at radius 2 is 1.93 bits per heavy atom. The van der Waals surface area contributed by atoms with Crippen molar-refractivity contribution in [1.29, 1.82) is 0 Å². The normalized spacial score (nSPS) is 15.0. The molecule has 2 heterocycles. The maximum Gasteiger partial charge on any atom is 0.227 e. The maximum absolute atomic E-state index is 13.0. The third-order valence-electron chi connectivity index (χ3n) is 5.75. The van der Waals surface area contributed by atoms with Gasteiger partial charge in [-0.05, 0) is 50.3 Å². The van der Waals surface area contributed by atoms with E-state index in [4.69, 9.17) is 0 Å². The van der Waals surface area contributed by atoms with Gasteiger partial charge in [0.1, 0.15) is 0 Å². The highest BCUT2D eigenvalue weighted by molar-refractivity contribution is 7.91. The Hall–Kier alpha value is -1.73. The summed E-state index contributed by atoms with van der Waals surface area (Å²) in [6.45, 7) is 6.30. The van der Waals surface area contributed by atoms with Gasteiger partial charge >= 0.3 is 0 Å². The Bertz CT molecular complexity index is 886. The first-order valence-electron chi connectivity index (χ1n) is 10.8. The van der Waals surface area contributed by atoms with Crippen molar-refractivity contribution in [1.82, 2.24) is 19.4 Å². The SMILES string of the molecule is CCCCn1c(CN(C)Cc2ccc(CC)cn2)cnc1S(=O)(=O)CC1CCC1. The minimum atomic E-state index is -3.34. The molecule has 0 atom stereocenters. The summed E-state index contributed by atoms with van der Waals surface area (Å²) in [6, 6.07) is 4.19. The van der Waals surface area contributed by atoms with Crippen LogP contribution in [0.1, 0.15) is 62.9 Å². The number of pyridine rings is 1. The van der Waals surface area contributed by atoms with Gasteiger partial charge < -0.3 is 4.57 Å². The van der Waals surface area contributed by atoms with Crippen LogP contribution in [0.5, 0.6) is 0 Å². The molecule has 1 aliphatic carbocycles. The fourth-order valence-electron chi connectivity index (χ4n) is 3.73. The minimum absolute atomic E-state index is 0.235. The highest BCUT2D eigenvalue weighted by atomic mass is 32.2. The molecule has 6 nitrogen and oxygen atoms in total. The van der Waals surface area contributed by atoms with Gasteiger partial charge in [-0.3, -0.25) is 9.88 Å². The molecular formula is C22H34N4O2S. The molecule has 0 N–H and O–H groups in total. The molecule has 1 saturated carbocycles. The summed E-state index contributed by atoms with van der Waals surface area (Å²) < 4.78 is 27.9. The first-order valence-corrected chi connectivity index (χ1v) is 12.5. The Balaban J connectivity index is 1.74. The molecule has 3 rings (SSSR count). The van der Waals surface area contributed by atoms with Crippen LogP contribution in [0.25, 0.3) is 0 Å². The predicted octanol–water partition coefficient (Wildman–Crippen LogP) is 3.85. The van der Waals surface area contributed by atoms with Crippen molar-refractivity contribution in [2.24, 2.45) is 5.92 Å². The summed E-state index contributed by atoms with van der Waals surface area (Å²) >= 11 is 0. The maximum atomic E-state index is 13.0. The van der Waals surface area contributed by atoms with Crippen LogP contribution in [-0.2, 0) is 35.9 Å². The molecule has 1 aliphatic rings. The number of hydrogen-bond acceptors (Lipinski definition) is 5. The first-order chi connectivity index (χ1) is 13.9. The molecule has 0 amide bonds. The van der Waals surface area contributed by atoms with Gasteiger partial charge in [-0.15, -0.1) is 0 Å². The number of aromatic nitrogens is 3. The summed E-state index contributed by atoms with van der Waals surface area (Å²) in [5.41, 5.74) is 3.20. The Morgan fingerprint density at radius 3 is 2.52 bits per heavy atom. The summed E-state index contributed by atoms with van der Waals surface area (Å²) in [6.07, 6.45) is 9.81. The average molecular weight is 419 g/mol. The number of aryl methyl sites for hydroxylation is 1. The van der Waals surface area contributed by atoms with Gasteiger partial charge in [-0.25, -0.2) is 13.4 Å². The van der Waals surface area contributed by atoms with Crippen LogP contribution < -0.4 is 0 Å². The molecule has 0 aliphatic heterocycles. The zero-order valence-corrected chi connectivity index (χ0v) is 18.8. The van der Waals surface area contributed by atoms with E-state index in [0.717, 1.165) is 49.9 Å². The van der Waals surface area contributed by atoms with Crippen LogP contribution in [0, 0.1) is 5.92 Å². The van der Waals surface area contributed by atoms with E-state index in [-0.39, 0.29) is 10.9 Å². The number of rotatable bonds is 11.